The summed E-state index contributed by atoms with van der Waals surface area (Å²) in [6, 6.07) is 5.79. The van der Waals surface area contributed by atoms with Gasteiger partial charge >= 0.3 is 5.97 Å². The van der Waals surface area contributed by atoms with Crippen molar-refractivity contribution in [2.75, 3.05) is 14.2 Å². The fourth-order valence-electron chi connectivity index (χ4n) is 2.06. The predicted molar refractivity (Wildman–Crippen MR) is 82.0 cm³/mol. The van der Waals surface area contributed by atoms with Crippen LogP contribution in [0.25, 0.3) is 0 Å². The van der Waals surface area contributed by atoms with Gasteiger partial charge in [0.05, 0.1) is 14.2 Å². The monoisotopic (exact) mass is 315 g/mol. The number of carbonyl (C=O) groups excluding carboxylic acids is 2. The molecular formula is C16H17N3O4. The average Bonchev–Trinajstić information content (AvgIpc) is 2.61. The Morgan fingerprint density at radius 2 is 1.91 bits per heavy atom. The number of ether oxygens (including phenoxy) is 2. The van der Waals surface area contributed by atoms with Crippen LogP contribution in [0.3, 0.4) is 0 Å². The van der Waals surface area contributed by atoms with E-state index in [1.807, 2.05) is 0 Å². The molecule has 1 atom stereocenters. The lowest BCUT2D eigenvalue weighted by Gasteiger charge is -2.17. The van der Waals surface area contributed by atoms with Crippen LogP contribution >= 0.6 is 0 Å². The van der Waals surface area contributed by atoms with Gasteiger partial charge in [-0.1, -0.05) is 6.07 Å². The molecule has 0 spiro atoms. The van der Waals surface area contributed by atoms with E-state index in [1.54, 1.807) is 30.5 Å². The summed E-state index contributed by atoms with van der Waals surface area (Å²) in [4.78, 5) is 32.1. The maximum Gasteiger partial charge on any atom is 0.328 e. The zero-order chi connectivity index (χ0) is 16.7. The number of amides is 1. The van der Waals surface area contributed by atoms with Crippen LogP contribution in [0, 0.1) is 0 Å². The number of nitrogens with zero attached hydrogens (tertiary/aromatic N) is 2. The number of methoxy groups -OCH3 is 2. The molecule has 0 radical (unpaired) electrons. The molecule has 0 saturated heterocycles. The first-order valence-corrected chi connectivity index (χ1v) is 6.92. The second-order valence-corrected chi connectivity index (χ2v) is 4.66. The quantitative estimate of drug-likeness (QED) is 0.800. The smallest absolute Gasteiger partial charge is 0.328 e. The van der Waals surface area contributed by atoms with Gasteiger partial charge in [0.2, 0.25) is 5.88 Å². The second kappa shape index (κ2) is 7.88. The molecule has 2 rings (SSSR count). The van der Waals surface area contributed by atoms with Crippen molar-refractivity contribution in [1.29, 1.82) is 0 Å². The van der Waals surface area contributed by atoms with E-state index in [9.17, 15) is 9.59 Å². The highest BCUT2D eigenvalue weighted by atomic mass is 16.5. The first-order chi connectivity index (χ1) is 11.2. The summed E-state index contributed by atoms with van der Waals surface area (Å²) in [6.45, 7) is 0. The van der Waals surface area contributed by atoms with Gasteiger partial charge in [-0.3, -0.25) is 9.78 Å². The Bertz CT molecular complexity index is 676. The minimum Gasteiger partial charge on any atom is -0.481 e. The van der Waals surface area contributed by atoms with E-state index >= 15 is 0 Å². The van der Waals surface area contributed by atoms with E-state index in [2.05, 4.69) is 15.3 Å². The Morgan fingerprint density at radius 3 is 2.57 bits per heavy atom. The second-order valence-electron chi connectivity index (χ2n) is 4.66. The third kappa shape index (κ3) is 4.26. The molecule has 2 heterocycles. The van der Waals surface area contributed by atoms with Gasteiger partial charge in [0.25, 0.3) is 5.91 Å². The van der Waals surface area contributed by atoms with Gasteiger partial charge in [0, 0.05) is 36.1 Å². The number of hydrogen-bond donors (Lipinski definition) is 1. The molecule has 0 aromatic carbocycles. The Kier molecular flexibility index (Phi) is 5.62. The van der Waals surface area contributed by atoms with Crippen LogP contribution in [0.15, 0.2) is 42.9 Å². The minimum atomic E-state index is -0.848. The van der Waals surface area contributed by atoms with Gasteiger partial charge in [-0.15, -0.1) is 0 Å². The molecule has 1 amide bonds. The summed E-state index contributed by atoms with van der Waals surface area (Å²) in [6.07, 6.45) is 4.81. The third-order valence-corrected chi connectivity index (χ3v) is 3.20. The zero-order valence-corrected chi connectivity index (χ0v) is 12.9. The normalized spacial score (nSPS) is 11.4. The maximum absolute atomic E-state index is 12.2. The summed E-state index contributed by atoms with van der Waals surface area (Å²) >= 11 is 0. The lowest BCUT2D eigenvalue weighted by Crippen LogP contribution is -2.43. The van der Waals surface area contributed by atoms with E-state index in [0.29, 0.717) is 17.0 Å². The van der Waals surface area contributed by atoms with Crippen molar-refractivity contribution >= 4 is 11.9 Å². The van der Waals surface area contributed by atoms with Crippen LogP contribution in [-0.2, 0) is 16.0 Å². The van der Waals surface area contributed by atoms with E-state index in [4.69, 9.17) is 9.47 Å². The number of hydrogen-bond acceptors (Lipinski definition) is 6. The Labute approximate surface area is 133 Å². The molecule has 2 aromatic rings. The molecule has 7 heteroatoms. The van der Waals surface area contributed by atoms with Gasteiger partial charge in [0.1, 0.15) is 6.04 Å². The van der Waals surface area contributed by atoms with Crippen molar-refractivity contribution in [2.45, 2.75) is 12.5 Å². The Hall–Kier alpha value is -2.96. The number of nitrogens with one attached hydrogen (secondary N) is 1. The molecule has 1 N–H and O–H groups in total. The van der Waals surface area contributed by atoms with E-state index < -0.39 is 12.0 Å². The average molecular weight is 315 g/mol. The highest BCUT2D eigenvalue weighted by Crippen LogP contribution is 2.16. The molecule has 0 aliphatic rings. The molecule has 0 bridgehead atoms. The van der Waals surface area contributed by atoms with Crippen LogP contribution in [-0.4, -0.2) is 42.1 Å². The summed E-state index contributed by atoms with van der Waals surface area (Å²) in [5.41, 5.74) is 1.10. The van der Waals surface area contributed by atoms with Crippen molar-refractivity contribution in [1.82, 2.24) is 15.3 Å². The third-order valence-electron chi connectivity index (χ3n) is 3.20. The zero-order valence-electron chi connectivity index (χ0n) is 12.9. The van der Waals surface area contributed by atoms with Crippen LogP contribution in [0.4, 0.5) is 0 Å². The summed E-state index contributed by atoms with van der Waals surface area (Å²) < 4.78 is 9.93. The van der Waals surface area contributed by atoms with Crippen molar-refractivity contribution in [2.24, 2.45) is 0 Å². The molecule has 0 fully saturated rings. The lowest BCUT2D eigenvalue weighted by molar-refractivity contribution is -0.142. The van der Waals surface area contributed by atoms with Crippen molar-refractivity contribution < 1.29 is 19.1 Å². The number of rotatable bonds is 6. The number of pyridine rings is 2. The summed E-state index contributed by atoms with van der Waals surface area (Å²) in [7, 11) is 2.77. The van der Waals surface area contributed by atoms with Crippen LogP contribution in [0.1, 0.15) is 15.9 Å². The minimum absolute atomic E-state index is 0.209. The van der Waals surface area contributed by atoms with E-state index in [1.165, 1.54) is 26.6 Å². The highest BCUT2D eigenvalue weighted by molar-refractivity contribution is 5.96. The number of aromatic nitrogens is 2. The first-order valence-electron chi connectivity index (χ1n) is 6.92. The maximum atomic E-state index is 12.2. The molecule has 7 nitrogen and oxygen atoms in total. The predicted octanol–water partition coefficient (Wildman–Crippen LogP) is 0.999. The molecular weight excluding hydrogens is 298 g/mol. The van der Waals surface area contributed by atoms with Crippen molar-refractivity contribution in [3.05, 3.63) is 54.0 Å². The van der Waals surface area contributed by atoms with Crippen LogP contribution < -0.4 is 10.1 Å². The number of carbonyl (C=O) groups is 2. The number of esters is 1. The Balaban J connectivity index is 2.17. The molecule has 0 unspecified atom stereocenters. The topological polar surface area (TPSA) is 90.4 Å². The molecule has 120 valence electrons. The van der Waals surface area contributed by atoms with Gasteiger partial charge in [-0.2, -0.15) is 0 Å². The molecule has 2 aromatic heterocycles. The Morgan fingerprint density at radius 1 is 1.17 bits per heavy atom. The van der Waals surface area contributed by atoms with Gasteiger partial charge in [-0.05, 0) is 18.2 Å². The van der Waals surface area contributed by atoms with Crippen LogP contribution in [0.5, 0.6) is 5.88 Å². The van der Waals surface area contributed by atoms with Crippen LogP contribution in [0.2, 0.25) is 0 Å². The first kappa shape index (κ1) is 16.4. The highest BCUT2D eigenvalue weighted by Gasteiger charge is 2.24. The largest absolute Gasteiger partial charge is 0.481 e. The fourth-order valence-corrected chi connectivity index (χ4v) is 2.06. The molecule has 0 saturated carbocycles. The summed E-state index contributed by atoms with van der Waals surface area (Å²) in [5.74, 6) is -0.525. The standard InChI is InChI=1S/C16H17N3O4/c1-22-15-12(4-3-7-18-15)10-13(16(21)23-2)19-14(20)11-5-8-17-9-6-11/h3-9,13H,10H2,1-2H3,(H,19,20)/t13-/m1/s1. The van der Waals surface area contributed by atoms with Gasteiger partial charge < -0.3 is 14.8 Å². The molecule has 0 aliphatic heterocycles. The van der Waals surface area contributed by atoms with Crippen molar-refractivity contribution in [3.63, 3.8) is 0 Å². The van der Waals surface area contributed by atoms with Gasteiger partial charge in [0.15, 0.2) is 0 Å². The fraction of sp³-hybridized carbons (Fsp3) is 0.250. The lowest BCUT2D eigenvalue weighted by atomic mass is 10.1. The summed E-state index contributed by atoms with van der Waals surface area (Å²) in [5, 5.41) is 2.66. The van der Waals surface area contributed by atoms with E-state index in [0.717, 1.165) is 0 Å². The molecule has 23 heavy (non-hydrogen) atoms. The van der Waals surface area contributed by atoms with E-state index in [-0.39, 0.29) is 12.3 Å². The van der Waals surface area contributed by atoms with Gasteiger partial charge in [-0.25, -0.2) is 9.78 Å². The van der Waals surface area contributed by atoms with Crippen molar-refractivity contribution in [3.8, 4) is 5.88 Å². The molecule has 0 aliphatic carbocycles. The SMILES string of the molecule is COC(=O)[C@@H](Cc1cccnc1OC)NC(=O)c1ccncc1.